The fourth-order valence-electron chi connectivity index (χ4n) is 1.96. The molecule has 4 heteroatoms. The average molecular weight is 240 g/mol. The maximum absolute atomic E-state index is 11.9. The normalized spacial score (nSPS) is 12.7. The second-order valence-electron chi connectivity index (χ2n) is 4.09. The maximum atomic E-state index is 11.9. The molecule has 0 bridgehead atoms. The summed E-state index contributed by atoms with van der Waals surface area (Å²) >= 11 is 0. The van der Waals surface area contributed by atoms with Crippen molar-refractivity contribution >= 4 is 11.6 Å². The molecule has 1 aromatic heterocycles. The molecule has 0 saturated carbocycles. The van der Waals surface area contributed by atoms with Crippen molar-refractivity contribution in [2.45, 2.75) is 6.42 Å². The summed E-state index contributed by atoms with van der Waals surface area (Å²) in [5.74, 6) is 0.709. The lowest BCUT2D eigenvalue weighted by atomic mass is 10.1. The smallest absolute Gasteiger partial charge is 0.274 e. The van der Waals surface area contributed by atoms with Gasteiger partial charge < -0.3 is 10.1 Å². The lowest BCUT2D eigenvalue weighted by molar-refractivity contribution is 0.102. The third-order valence-electron chi connectivity index (χ3n) is 2.84. The van der Waals surface area contributed by atoms with Crippen LogP contribution in [0.4, 0.5) is 5.69 Å². The maximum Gasteiger partial charge on any atom is 0.274 e. The van der Waals surface area contributed by atoms with Gasteiger partial charge in [-0.1, -0.05) is 6.07 Å². The van der Waals surface area contributed by atoms with Crippen molar-refractivity contribution in [2.75, 3.05) is 11.9 Å². The molecule has 1 aliphatic heterocycles. The highest BCUT2D eigenvalue weighted by Gasteiger charge is 2.13. The van der Waals surface area contributed by atoms with Gasteiger partial charge in [-0.3, -0.25) is 9.78 Å². The quantitative estimate of drug-likeness (QED) is 0.876. The van der Waals surface area contributed by atoms with Gasteiger partial charge in [0.2, 0.25) is 0 Å². The molecule has 90 valence electrons. The van der Waals surface area contributed by atoms with Crippen molar-refractivity contribution in [3.05, 3.63) is 53.9 Å². The number of ether oxygens (including phenoxy) is 1. The lowest BCUT2D eigenvalue weighted by Gasteiger charge is -2.06. The first kappa shape index (κ1) is 10.8. The van der Waals surface area contributed by atoms with Crippen LogP contribution in [0.5, 0.6) is 5.75 Å². The van der Waals surface area contributed by atoms with Gasteiger partial charge in [0.15, 0.2) is 0 Å². The zero-order valence-electron chi connectivity index (χ0n) is 9.72. The molecule has 0 aliphatic carbocycles. The summed E-state index contributed by atoms with van der Waals surface area (Å²) in [5.41, 5.74) is 2.32. The highest BCUT2D eigenvalue weighted by molar-refractivity contribution is 6.02. The molecule has 1 N–H and O–H groups in total. The summed E-state index contributed by atoms with van der Waals surface area (Å²) in [4.78, 5) is 15.9. The number of hydrogen-bond acceptors (Lipinski definition) is 3. The minimum Gasteiger partial charge on any atom is -0.493 e. The van der Waals surface area contributed by atoms with E-state index in [1.165, 1.54) is 0 Å². The Kier molecular flexibility index (Phi) is 2.68. The Morgan fingerprint density at radius 3 is 3.06 bits per heavy atom. The number of rotatable bonds is 2. The Bertz CT molecular complexity index is 582. The summed E-state index contributed by atoms with van der Waals surface area (Å²) in [5, 5.41) is 2.83. The standard InChI is InChI=1S/C14H12N2O2/c17-14(12-3-1-2-7-15-12)16-11-4-5-13-10(9-11)6-8-18-13/h1-5,7,9H,6,8H2,(H,16,17). The summed E-state index contributed by atoms with van der Waals surface area (Å²) < 4.78 is 5.42. The second-order valence-corrected chi connectivity index (χ2v) is 4.09. The number of hydrogen-bond donors (Lipinski definition) is 1. The Labute approximate surface area is 105 Å². The first-order chi connectivity index (χ1) is 8.83. The molecule has 3 rings (SSSR count). The largest absolute Gasteiger partial charge is 0.493 e. The van der Waals surface area contributed by atoms with Crippen LogP contribution in [-0.4, -0.2) is 17.5 Å². The topological polar surface area (TPSA) is 51.2 Å². The monoisotopic (exact) mass is 240 g/mol. The fourth-order valence-corrected chi connectivity index (χ4v) is 1.96. The third-order valence-corrected chi connectivity index (χ3v) is 2.84. The first-order valence-corrected chi connectivity index (χ1v) is 5.81. The molecule has 0 atom stereocenters. The number of carbonyl (C=O) groups is 1. The van der Waals surface area contributed by atoms with E-state index in [9.17, 15) is 4.79 Å². The number of anilines is 1. The van der Waals surface area contributed by atoms with Crippen LogP contribution in [0.15, 0.2) is 42.6 Å². The van der Waals surface area contributed by atoms with Gasteiger partial charge in [-0.15, -0.1) is 0 Å². The van der Waals surface area contributed by atoms with Gasteiger partial charge in [-0.2, -0.15) is 0 Å². The molecule has 0 unspecified atom stereocenters. The van der Waals surface area contributed by atoms with Gasteiger partial charge in [0.1, 0.15) is 11.4 Å². The molecule has 0 saturated heterocycles. The molecule has 18 heavy (non-hydrogen) atoms. The van der Waals surface area contributed by atoms with E-state index in [2.05, 4.69) is 10.3 Å². The minimum absolute atomic E-state index is 0.200. The van der Waals surface area contributed by atoms with E-state index in [4.69, 9.17) is 4.74 Å². The predicted molar refractivity (Wildman–Crippen MR) is 67.8 cm³/mol. The van der Waals surface area contributed by atoms with Crippen LogP contribution < -0.4 is 10.1 Å². The van der Waals surface area contributed by atoms with E-state index >= 15 is 0 Å². The molecule has 0 fully saturated rings. The summed E-state index contributed by atoms with van der Waals surface area (Å²) in [6.07, 6.45) is 2.49. The number of carbonyl (C=O) groups excluding carboxylic acids is 1. The van der Waals surface area contributed by atoms with Crippen molar-refractivity contribution in [1.29, 1.82) is 0 Å². The Balaban J connectivity index is 1.79. The number of benzene rings is 1. The summed E-state index contributed by atoms with van der Waals surface area (Å²) in [7, 11) is 0. The zero-order chi connectivity index (χ0) is 12.4. The number of nitrogens with one attached hydrogen (secondary N) is 1. The molecule has 1 aliphatic rings. The van der Waals surface area contributed by atoms with E-state index in [0.29, 0.717) is 12.3 Å². The van der Waals surface area contributed by atoms with E-state index in [1.807, 2.05) is 18.2 Å². The Morgan fingerprint density at radius 1 is 1.28 bits per heavy atom. The van der Waals surface area contributed by atoms with E-state index < -0.39 is 0 Å². The molecule has 2 heterocycles. The van der Waals surface area contributed by atoms with Gasteiger partial charge in [-0.25, -0.2) is 0 Å². The van der Waals surface area contributed by atoms with E-state index in [-0.39, 0.29) is 5.91 Å². The molecule has 0 radical (unpaired) electrons. The van der Waals surface area contributed by atoms with Crippen molar-refractivity contribution < 1.29 is 9.53 Å². The highest BCUT2D eigenvalue weighted by Crippen LogP contribution is 2.27. The van der Waals surface area contributed by atoms with Crippen LogP contribution in [0.3, 0.4) is 0 Å². The third kappa shape index (κ3) is 2.05. The fraction of sp³-hybridized carbons (Fsp3) is 0.143. The predicted octanol–water partition coefficient (Wildman–Crippen LogP) is 2.27. The first-order valence-electron chi connectivity index (χ1n) is 5.81. The van der Waals surface area contributed by atoms with Crippen molar-refractivity contribution in [1.82, 2.24) is 4.98 Å². The van der Waals surface area contributed by atoms with Gasteiger partial charge in [0.25, 0.3) is 5.91 Å². The summed E-state index contributed by atoms with van der Waals surface area (Å²) in [6.45, 7) is 0.715. The molecule has 0 spiro atoms. The highest BCUT2D eigenvalue weighted by atomic mass is 16.5. The minimum atomic E-state index is -0.200. The number of amides is 1. The van der Waals surface area contributed by atoms with Crippen molar-refractivity contribution in [3.63, 3.8) is 0 Å². The Morgan fingerprint density at radius 2 is 2.22 bits per heavy atom. The van der Waals surface area contributed by atoms with Gasteiger partial charge in [0.05, 0.1) is 6.61 Å². The van der Waals surface area contributed by atoms with Crippen molar-refractivity contribution in [3.8, 4) is 5.75 Å². The average Bonchev–Trinajstić information content (AvgIpc) is 2.87. The van der Waals surface area contributed by atoms with Crippen LogP contribution in [-0.2, 0) is 6.42 Å². The van der Waals surface area contributed by atoms with Crippen LogP contribution >= 0.6 is 0 Å². The van der Waals surface area contributed by atoms with Crippen LogP contribution in [0, 0.1) is 0 Å². The number of fused-ring (bicyclic) bond motifs is 1. The molecule has 2 aromatic rings. The van der Waals surface area contributed by atoms with Crippen LogP contribution in [0.2, 0.25) is 0 Å². The van der Waals surface area contributed by atoms with Crippen LogP contribution in [0.1, 0.15) is 16.1 Å². The van der Waals surface area contributed by atoms with E-state index in [0.717, 1.165) is 23.4 Å². The second kappa shape index (κ2) is 4.49. The van der Waals surface area contributed by atoms with E-state index in [1.54, 1.807) is 24.4 Å². The number of pyridine rings is 1. The van der Waals surface area contributed by atoms with Gasteiger partial charge in [0, 0.05) is 18.3 Å². The molecular weight excluding hydrogens is 228 g/mol. The number of aromatic nitrogens is 1. The Hall–Kier alpha value is -2.36. The molecule has 1 amide bonds. The van der Waals surface area contributed by atoms with Crippen molar-refractivity contribution in [2.24, 2.45) is 0 Å². The zero-order valence-corrected chi connectivity index (χ0v) is 9.72. The molecular formula is C14H12N2O2. The van der Waals surface area contributed by atoms with Crippen LogP contribution in [0.25, 0.3) is 0 Å². The SMILES string of the molecule is O=C(Nc1ccc2c(c1)CCO2)c1ccccn1. The summed E-state index contributed by atoms with van der Waals surface area (Å²) in [6, 6.07) is 10.9. The molecule has 1 aromatic carbocycles. The van der Waals surface area contributed by atoms with Gasteiger partial charge in [-0.05, 0) is 35.9 Å². The van der Waals surface area contributed by atoms with Gasteiger partial charge >= 0.3 is 0 Å². The number of nitrogens with zero attached hydrogens (tertiary/aromatic N) is 1. The lowest BCUT2D eigenvalue weighted by Crippen LogP contribution is -2.13. The molecule has 4 nitrogen and oxygen atoms in total.